The van der Waals surface area contributed by atoms with E-state index in [-0.39, 0.29) is 5.82 Å². The van der Waals surface area contributed by atoms with Crippen molar-refractivity contribution in [2.75, 3.05) is 0 Å². The Hall–Kier alpha value is -1.84. The molecule has 4 heteroatoms. The van der Waals surface area contributed by atoms with Crippen molar-refractivity contribution in [3.05, 3.63) is 46.7 Å². The molecule has 0 spiro atoms. The molecular formula is C12H12FNO2. The summed E-state index contributed by atoms with van der Waals surface area (Å²) in [4.78, 5) is 11.5. The lowest BCUT2D eigenvalue weighted by molar-refractivity contribution is 0.250. The average Bonchev–Trinajstić information content (AvgIpc) is 2.60. The summed E-state index contributed by atoms with van der Waals surface area (Å²) in [5.74, 6) is -0.361. The van der Waals surface area contributed by atoms with Crippen LogP contribution in [0.4, 0.5) is 4.39 Å². The lowest BCUT2D eigenvalue weighted by Crippen LogP contribution is -1.97. The van der Waals surface area contributed by atoms with Gasteiger partial charge in [-0.3, -0.25) is 0 Å². The Morgan fingerprint density at radius 1 is 1.44 bits per heavy atom. The van der Waals surface area contributed by atoms with E-state index in [1.807, 2.05) is 6.92 Å². The molecule has 0 atom stereocenters. The largest absolute Gasteiger partial charge is 0.365 e. The smallest absolute Gasteiger partial charge is 0.336 e. The van der Waals surface area contributed by atoms with E-state index in [1.54, 1.807) is 18.3 Å². The van der Waals surface area contributed by atoms with Crippen molar-refractivity contribution in [2.45, 2.75) is 19.9 Å². The molecule has 2 rings (SSSR count). The fourth-order valence-electron chi connectivity index (χ4n) is 1.56. The van der Waals surface area contributed by atoms with Crippen molar-refractivity contribution in [2.24, 2.45) is 0 Å². The zero-order valence-corrected chi connectivity index (χ0v) is 8.94. The lowest BCUT2D eigenvalue weighted by atomic mass is 10.1. The van der Waals surface area contributed by atoms with E-state index in [2.05, 4.69) is 0 Å². The monoisotopic (exact) mass is 221 g/mol. The number of hydrogen-bond acceptors (Lipinski definition) is 2. The second-order valence-electron chi connectivity index (χ2n) is 3.57. The van der Waals surface area contributed by atoms with Gasteiger partial charge in [0.15, 0.2) is 0 Å². The Kier molecular flexibility index (Phi) is 2.90. The van der Waals surface area contributed by atoms with E-state index in [4.69, 9.17) is 4.52 Å². The fourth-order valence-corrected chi connectivity index (χ4v) is 1.56. The van der Waals surface area contributed by atoms with Crippen molar-refractivity contribution < 1.29 is 8.91 Å². The predicted octanol–water partition coefficient (Wildman–Crippen LogP) is 2.66. The molecule has 0 N–H and O–H groups in total. The molecule has 0 amide bonds. The molecule has 0 saturated carbocycles. The second-order valence-corrected chi connectivity index (χ2v) is 3.57. The molecule has 0 aliphatic heterocycles. The summed E-state index contributed by atoms with van der Waals surface area (Å²) in [5, 5.41) is 0. The van der Waals surface area contributed by atoms with Crippen LogP contribution in [-0.2, 0) is 6.54 Å². The van der Waals surface area contributed by atoms with Crippen molar-refractivity contribution in [3.8, 4) is 11.1 Å². The average molecular weight is 221 g/mol. The second kappa shape index (κ2) is 4.35. The van der Waals surface area contributed by atoms with Gasteiger partial charge in [-0.15, -0.1) is 0 Å². The minimum absolute atomic E-state index is 0.361. The molecule has 84 valence electrons. The summed E-state index contributed by atoms with van der Waals surface area (Å²) in [6.07, 6.45) is 2.49. The van der Waals surface area contributed by atoms with Gasteiger partial charge in [0.05, 0.1) is 18.3 Å². The SMILES string of the molecule is CCCn1cc(-c2cccc(F)c2)c(=O)o1. The summed E-state index contributed by atoms with van der Waals surface area (Å²) in [6, 6.07) is 5.92. The van der Waals surface area contributed by atoms with Crippen molar-refractivity contribution in [1.29, 1.82) is 0 Å². The normalized spacial score (nSPS) is 10.6. The first-order valence-electron chi connectivity index (χ1n) is 5.17. The Morgan fingerprint density at radius 3 is 2.94 bits per heavy atom. The Balaban J connectivity index is 2.44. The quantitative estimate of drug-likeness (QED) is 0.798. The molecule has 0 bridgehead atoms. The van der Waals surface area contributed by atoms with E-state index in [9.17, 15) is 9.18 Å². The molecule has 0 radical (unpaired) electrons. The zero-order valence-electron chi connectivity index (χ0n) is 8.94. The minimum Gasteiger partial charge on any atom is -0.336 e. The molecule has 1 heterocycles. The van der Waals surface area contributed by atoms with Crippen LogP contribution in [0.15, 0.2) is 39.8 Å². The molecule has 3 nitrogen and oxygen atoms in total. The van der Waals surface area contributed by atoms with Gasteiger partial charge in [0.2, 0.25) is 0 Å². The summed E-state index contributed by atoms with van der Waals surface area (Å²) < 4.78 is 19.5. The van der Waals surface area contributed by atoms with Crippen LogP contribution in [0.1, 0.15) is 13.3 Å². The van der Waals surface area contributed by atoms with E-state index < -0.39 is 5.63 Å². The summed E-state index contributed by atoms with van der Waals surface area (Å²) >= 11 is 0. The van der Waals surface area contributed by atoms with Gasteiger partial charge in [-0.2, -0.15) is 0 Å². The number of aryl methyl sites for hydroxylation is 1. The topological polar surface area (TPSA) is 35.1 Å². The molecule has 0 unspecified atom stereocenters. The van der Waals surface area contributed by atoms with Gasteiger partial charge in [0.1, 0.15) is 5.82 Å². The molecule has 1 aromatic heterocycles. The third-order valence-corrected chi connectivity index (χ3v) is 2.27. The van der Waals surface area contributed by atoms with Crippen molar-refractivity contribution in [1.82, 2.24) is 4.74 Å². The first kappa shape index (κ1) is 10.7. The maximum atomic E-state index is 13.0. The number of rotatable bonds is 3. The number of nitrogens with zero attached hydrogens (tertiary/aromatic N) is 1. The van der Waals surface area contributed by atoms with Crippen LogP contribution in [0, 0.1) is 5.82 Å². The highest BCUT2D eigenvalue weighted by Crippen LogP contribution is 2.16. The molecular weight excluding hydrogens is 209 g/mol. The standard InChI is InChI=1S/C12H12FNO2/c1-2-6-14-8-11(12(15)16-14)9-4-3-5-10(13)7-9/h3-5,7-8H,2,6H2,1H3. The highest BCUT2D eigenvalue weighted by atomic mass is 19.1. The summed E-state index contributed by atoms with van der Waals surface area (Å²) in [5.41, 5.74) is 0.510. The molecule has 16 heavy (non-hydrogen) atoms. The maximum Gasteiger partial charge on any atom is 0.365 e. The highest BCUT2D eigenvalue weighted by Gasteiger charge is 2.09. The van der Waals surface area contributed by atoms with E-state index >= 15 is 0 Å². The first-order chi connectivity index (χ1) is 7.70. The van der Waals surface area contributed by atoms with Gasteiger partial charge in [0, 0.05) is 0 Å². The van der Waals surface area contributed by atoms with E-state index in [0.29, 0.717) is 17.7 Å². The van der Waals surface area contributed by atoms with Crippen LogP contribution in [0.5, 0.6) is 0 Å². The van der Waals surface area contributed by atoms with Gasteiger partial charge < -0.3 is 4.52 Å². The fraction of sp³-hybridized carbons (Fsp3) is 0.250. The van der Waals surface area contributed by atoms with Gasteiger partial charge in [0.25, 0.3) is 0 Å². The molecule has 0 fully saturated rings. The highest BCUT2D eigenvalue weighted by molar-refractivity contribution is 5.60. The van der Waals surface area contributed by atoms with Crippen molar-refractivity contribution >= 4 is 0 Å². The van der Waals surface area contributed by atoms with Gasteiger partial charge in [-0.25, -0.2) is 13.9 Å². The third kappa shape index (κ3) is 2.05. The summed E-state index contributed by atoms with van der Waals surface area (Å²) in [6.45, 7) is 2.63. The number of aromatic nitrogens is 1. The molecule has 1 aromatic carbocycles. The van der Waals surface area contributed by atoms with E-state index in [1.165, 1.54) is 16.9 Å². The molecule has 2 aromatic rings. The predicted molar refractivity (Wildman–Crippen MR) is 58.7 cm³/mol. The minimum atomic E-state index is -0.431. The lowest BCUT2D eigenvalue weighted by Gasteiger charge is -1.95. The Labute approximate surface area is 92.1 Å². The van der Waals surface area contributed by atoms with Crippen LogP contribution in [-0.4, -0.2) is 4.74 Å². The third-order valence-electron chi connectivity index (χ3n) is 2.27. The maximum absolute atomic E-state index is 13.0. The summed E-state index contributed by atoms with van der Waals surface area (Å²) in [7, 11) is 0. The number of halogens is 1. The molecule has 0 saturated heterocycles. The first-order valence-corrected chi connectivity index (χ1v) is 5.17. The van der Waals surface area contributed by atoms with Crippen LogP contribution in [0.2, 0.25) is 0 Å². The zero-order chi connectivity index (χ0) is 11.5. The molecule has 0 aliphatic rings. The van der Waals surface area contributed by atoms with Crippen LogP contribution in [0.25, 0.3) is 11.1 Å². The van der Waals surface area contributed by atoms with Gasteiger partial charge in [-0.05, 0) is 24.1 Å². The Morgan fingerprint density at radius 2 is 2.25 bits per heavy atom. The van der Waals surface area contributed by atoms with E-state index in [0.717, 1.165) is 6.42 Å². The van der Waals surface area contributed by atoms with Crippen LogP contribution >= 0.6 is 0 Å². The van der Waals surface area contributed by atoms with Gasteiger partial charge >= 0.3 is 5.63 Å². The Bertz CT molecular complexity index is 542. The van der Waals surface area contributed by atoms with Crippen molar-refractivity contribution in [3.63, 3.8) is 0 Å². The number of hydrogen-bond donors (Lipinski definition) is 0. The number of benzene rings is 1. The van der Waals surface area contributed by atoms with Crippen LogP contribution < -0.4 is 5.63 Å². The van der Waals surface area contributed by atoms with Gasteiger partial charge in [-0.1, -0.05) is 19.1 Å². The van der Waals surface area contributed by atoms with Crippen LogP contribution in [0.3, 0.4) is 0 Å². The molecule has 0 aliphatic carbocycles.